The summed E-state index contributed by atoms with van der Waals surface area (Å²) in [5.74, 6) is 0.434. The van der Waals surface area contributed by atoms with Crippen LogP contribution in [0, 0.1) is 6.92 Å². The van der Waals surface area contributed by atoms with Crippen LogP contribution in [0.15, 0.2) is 59.6 Å². The Labute approximate surface area is 180 Å². The molecule has 2 N–H and O–H groups in total. The molecule has 2 aromatic carbocycles. The van der Waals surface area contributed by atoms with Gasteiger partial charge in [-0.2, -0.15) is 0 Å². The molecule has 0 saturated heterocycles. The molecule has 0 aliphatic rings. The van der Waals surface area contributed by atoms with Gasteiger partial charge in [0.05, 0.1) is 23.1 Å². The summed E-state index contributed by atoms with van der Waals surface area (Å²) < 4.78 is 32.3. The number of anilines is 1. The van der Waals surface area contributed by atoms with Crippen molar-refractivity contribution in [2.24, 2.45) is 0 Å². The lowest BCUT2D eigenvalue weighted by Gasteiger charge is -2.08. The molecule has 9 heteroatoms. The van der Waals surface area contributed by atoms with Crippen LogP contribution in [0.3, 0.4) is 0 Å². The van der Waals surface area contributed by atoms with Crippen molar-refractivity contribution in [2.45, 2.75) is 18.2 Å². The molecule has 3 aromatic rings. The molecular weight excluding hydrogens is 422 g/mol. The van der Waals surface area contributed by atoms with Gasteiger partial charge < -0.3 is 10.1 Å². The first-order valence-electron chi connectivity index (χ1n) is 9.34. The van der Waals surface area contributed by atoms with Gasteiger partial charge in [-0.15, -0.1) is 0 Å². The van der Waals surface area contributed by atoms with Crippen molar-refractivity contribution in [2.75, 3.05) is 25.5 Å². The van der Waals surface area contributed by atoms with Crippen LogP contribution in [-0.2, 0) is 10.0 Å². The third kappa shape index (κ3) is 5.44. The van der Waals surface area contributed by atoms with E-state index in [2.05, 4.69) is 15.0 Å². The molecule has 0 spiro atoms. The number of benzene rings is 2. The summed E-state index contributed by atoms with van der Waals surface area (Å²) in [6.45, 7) is 2.69. The van der Waals surface area contributed by atoms with Gasteiger partial charge in [0.2, 0.25) is 15.8 Å². The highest BCUT2D eigenvalue weighted by Crippen LogP contribution is 2.22. The molecule has 7 nitrogen and oxygen atoms in total. The fraction of sp³-hybridized carbons (Fsp3) is 0.238. The summed E-state index contributed by atoms with van der Waals surface area (Å²) in [5.41, 5.74) is 1.59. The van der Waals surface area contributed by atoms with Gasteiger partial charge >= 0.3 is 0 Å². The van der Waals surface area contributed by atoms with E-state index in [9.17, 15) is 13.2 Å². The van der Waals surface area contributed by atoms with Crippen LogP contribution in [0.25, 0.3) is 0 Å². The van der Waals surface area contributed by atoms with Gasteiger partial charge in [0.1, 0.15) is 5.75 Å². The lowest BCUT2D eigenvalue weighted by molar-refractivity contribution is 0.104. The maximum absolute atomic E-state index is 12.6. The Balaban J connectivity index is 1.48. The average molecular weight is 446 g/mol. The number of hydrogen-bond acceptors (Lipinski definition) is 7. The maximum Gasteiger partial charge on any atom is 0.240 e. The van der Waals surface area contributed by atoms with E-state index in [4.69, 9.17) is 4.74 Å². The molecule has 0 bridgehead atoms. The Morgan fingerprint density at radius 1 is 1.13 bits per heavy atom. The molecular formula is C21H23N3O4S2. The first-order chi connectivity index (χ1) is 14.4. The second kappa shape index (κ2) is 9.84. The van der Waals surface area contributed by atoms with Crippen LogP contribution in [0.5, 0.6) is 5.75 Å². The number of carbonyl (C=O) groups is 1. The minimum Gasteiger partial charge on any atom is -0.497 e. The molecule has 0 unspecified atom stereocenters. The van der Waals surface area contributed by atoms with Crippen molar-refractivity contribution < 1.29 is 17.9 Å². The second-order valence-corrected chi connectivity index (χ2v) is 9.33. The molecule has 0 fully saturated rings. The summed E-state index contributed by atoms with van der Waals surface area (Å²) in [6.07, 6.45) is 2.12. The maximum atomic E-state index is 12.6. The lowest BCUT2D eigenvalue weighted by atomic mass is 10.0. The van der Waals surface area contributed by atoms with Crippen molar-refractivity contribution in [3.05, 3.63) is 70.7 Å². The number of nitrogens with zero attached hydrogens (tertiary/aromatic N) is 1. The van der Waals surface area contributed by atoms with Crippen molar-refractivity contribution in [3.63, 3.8) is 0 Å². The number of sulfonamides is 1. The van der Waals surface area contributed by atoms with E-state index in [1.165, 1.54) is 30.6 Å². The quantitative estimate of drug-likeness (QED) is 0.366. The monoisotopic (exact) mass is 445 g/mol. The minimum atomic E-state index is -3.60. The summed E-state index contributed by atoms with van der Waals surface area (Å²) in [6, 6.07) is 13.8. The number of thiazole rings is 1. The van der Waals surface area contributed by atoms with Gasteiger partial charge in [0, 0.05) is 24.7 Å². The number of methoxy groups -OCH3 is 1. The van der Waals surface area contributed by atoms with E-state index in [-0.39, 0.29) is 17.2 Å². The first kappa shape index (κ1) is 21.9. The van der Waals surface area contributed by atoms with Crippen LogP contribution in [0.2, 0.25) is 0 Å². The molecule has 30 heavy (non-hydrogen) atoms. The Morgan fingerprint density at radius 3 is 2.70 bits per heavy atom. The lowest BCUT2D eigenvalue weighted by Crippen LogP contribution is -2.26. The number of carbonyl (C=O) groups excluding carboxylic acids is 1. The van der Waals surface area contributed by atoms with E-state index in [1.807, 2.05) is 25.1 Å². The van der Waals surface area contributed by atoms with Crippen molar-refractivity contribution in [1.82, 2.24) is 9.71 Å². The van der Waals surface area contributed by atoms with Crippen molar-refractivity contribution in [3.8, 4) is 5.75 Å². The zero-order valence-corrected chi connectivity index (χ0v) is 18.3. The number of ether oxygens (including phenoxy) is 1. The van der Waals surface area contributed by atoms with Gasteiger partial charge in [0.25, 0.3) is 0 Å². The van der Waals surface area contributed by atoms with Crippen LogP contribution in [0.1, 0.15) is 27.2 Å². The van der Waals surface area contributed by atoms with E-state index in [0.717, 1.165) is 5.56 Å². The summed E-state index contributed by atoms with van der Waals surface area (Å²) in [5, 5.41) is 3.76. The predicted octanol–water partition coefficient (Wildman–Crippen LogP) is 3.47. The van der Waals surface area contributed by atoms with Gasteiger partial charge in [-0.1, -0.05) is 41.7 Å². The minimum absolute atomic E-state index is 0.0512. The van der Waals surface area contributed by atoms with Crippen LogP contribution in [-0.4, -0.2) is 39.4 Å². The molecule has 3 rings (SSSR count). The number of aromatic nitrogens is 1. The zero-order chi connectivity index (χ0) is 21.6. The van der Waals surface area contributed by atoms with E-state index >= 15 is 0 Å². The molecule has 0 aliphatic heterocycles. The third-order valence-electron chi connectivity index (χ3n) is 4.39. The van der Waals surface area contributed by atoms with E-state index in [0.29, 0.717) is 34.3 Å². The van der Waals surface area contributed by atoms with Crippen LogP contribution >= 0.6 is 11.3 Å². The van der Waals surface area contributed by atoms with Gasteiger partial charge in [-0.3, -0.25) is 4.79 Å². The largest absolute Gasteiger partial charge is 0.497 e. The molecule has 158 valence electrons. The number of nitrogens with one attached hydrogen (secondary N) is 2. The summed E-state index contributed by atoms with van der Waals surface area (Å²) in [7, 11) is -2.11. The van der Waals surface area contributed by atoms with Crippen molar-refractivity contribution >= 4 is 32.3 Å². The molecule has 1 heterocycles. The summed E-state index contributed by atoms with van der Waals surface area (Å²) >= 11 is 1.28. The van der Waals surface area contributed by atoms with Gasteiger partial charge in [-0.25, -0.2) is 18.1 Å². The normalized spacial score (nSPS) is 11.3. The Hall–Kier alpha value is -2.75. The zero-order valence-electron chi connectivity index (χ0n) is 16.7. The number of hydrogen-bond donors (Lipinski definition) is 2. The molecule has 0 aliphatic carbocycles. The summed E-state index contributed by atoms with van der Waals surface area (Å²) in [4.78, 5) is 17.6. The SMILES string of the molecule is COc1cccc(S(=O)(=O)NCCCNc2ncc(C(=O)c3ccccc3C)s2)c1. The molecule has 0 atom stereocenters. The topological polar surface area (TPSA) is 97.4 Å². The Morgan fingerprint density at radius 2 is 1.93 bits per heavy atom. The average Bonchev–Trinajstić information content (AvgIpc) is 3.22. The molecule has 1 aromatic heterocycles. The molecule has 0 amide bonds. The van der Waals surface area contributed by atoms with Crippen molar-refractivity contribution in [1.29, 1.82) is 0 Å². The fourth-order valence-electron chi connectivity index (χ4n) is 2.76. The molecule has 0 saturated carbocycles. The van der Waals surface area contributed by atoms with Gasteiger partial charge in [-0.05, 0) is 31.0 Å². The standard InChI is InChI=1S/C21H23N3O4S2/c1-15-7-3-4-10-18(15)20(25)19-14-23-21(29-19)22-11-6-12-24-30(26,27)17-9-5-8-16(13-17)28-2/h3-5,7-10,13-14,24H,6,11-12H2,1-2H3,(H,22,23). The second-order valence-electron chi connectivity index (χ2n) is 6.53. The number of ketones is 1. The highest BCUT2D eigenvalue weighted by atomic mass is 32.2. The third-order valence-corrected chi connectivity index (χ3v) is 6.81. The Bertz CT molecular complexity index is 1130. The fourth-order valence-corrected chi connectivity index (χ4v) is 4.67. The number of rotatable bonds is 10. The van der Waals surface area contributed by atoms with E-state index < -0.39 is 10.0 Å². The first-order valence-corrected chi connectivity index (χ1v) is 11.6. The van der Waals surface area contributed by atoms with Gasteiger partial charge in [0.15, 0.2) is 5.13 Å². The smallest absolute Gasteiger partial charge is 0.240 e. The highest BCUT2D eigenvalue weighted by Gasteiger charge is 2.15. The van der Waals surface area contributed by atoms with Crippen LogP contribution < -0.4 is 14.8 Å². The van der Waals surface area contributed by atoms with Crippen LogP contribution in [0.4, 0.5) is 5.13 Å². The Kier molecular flexibility index (Phi) is 7.20. The number of aryl methyl sites for hydroxylation is 1. The molecule has 0 radical (unpaired) electrons. The van der Waals surface area contributed by atoms with E-state index in [1.54, 1.807) is 24.4 Å². The highest BCUT2D eigenvalue weighted by molar-refractivity contribution is 7.89. The predicted molar refractivity (Wildman–Crippen MR) is 118 cm³/mol.